The highest BCUT2D eigenvalue weighted by atomic mass is 32.1. The van der Waals surface area contributed by atoms with Gasteiger partial charge in [-0.2, -0.15) is 4.37 Å². The highest BCUT2D eigenvalue weighted by molar-refractivity contribution is 7.08. The number of nitrogens with two attached hydrogens (primary N) is 1. The molecule has 4 aromatic rings. The third-order valence-electron chi connectivity index (χ3n) is 5.53. The normalized spacial score (nSPS) is 13.6. The first kappa shape index (κ1) is 21.5. The number of amides is 1. The number of carbonyl (C=O) groups is 2. The van der Waals surface area contributed by atoms with Gasteiger partial charge in [-0.25, -0.2) is 19.7 Å². The quantitative estimate of drug-likeness (QED) is 0.380. The fourth-order valence-corrected chi connectivity index (χ4v) is 4.30. The lowest BCUT2D eigenvalue weighted by Gasteiger charge is -2.39. The number of nitrogens with one attached hydrogen (secondary N) is 1. The molecular formula is C21H18N8O4S. The van der Waals surface area contributed by atoms with Crippen LogP contribution in [0.3, 0.4) is 0 Å². The Balaban J connectivity index is 1.46. The monoisotopic (exact) mass is 478 g/mol. The van der Waals surface area contributed by atoms with Gasteiger partial charge in [0.2, 0.25) is 16.5 Å². The average Bonchev–Trinajstić information content (AvgIpc) is 3.27. The van der Waals surface area contributed by atoms with Gasteiger partial charge in [0.1, 0.15) is 29.3 Å². The van der Waals surface area contributed by atoms with Gasteiger partial charge in [0, 0.05) is 30.8 Å². The zero-order chi connectivity index (χ0) is 24.0. The Morgan fingerprint density at radius 2 is 2.06 bits per heavy atom. The van der Waals surface area contributed by atoms with E-state index in [1.807, 2.05) is 4.90 Å². The molecule has 1 aliphatic heterocycles. The van der Waals surface area contributed by atoms with Crippen LogP contribution in [-0.2, 0) is 4.79 Å². The molecule has 1 saturated heterocycles. The third-order valence-corrected chi connectivity index (χ3v) is 6.19. The fourth-order valence-electron chi connectivity index (χ4n) is 3.79. The summed E-state index contributed by atoms with van der Waals surface area (Å²) in [6.45, 7) is 2.56. The van der Waals surface area contributed by atoms with Crippen LogP contribution in [0.2, 0.25) is 0 Å². The first-order valence-corrected chi connectivity index (χ1v) is 10.9. The highest BCUT2D eigenvalue weighted by Gasteiger charge is 2.34. The number of aromatic carboxylic acids is 1. The van der Waals surface area contributed by atoms with Crippen LogP contribution < -0.4 is 21.4 Å². The molecule has 0 aliphatic carbocycles. The number of carbonyl (C=O) groups excluding carboxylic acids is 1. The predicted octanol–water partition coefficient (Wildman–Crippen LogP) is 1.30. The van der Waals surface area contributed by atoms with Crippen LogP contribution in [0.4, 0.5) is 17.5 Å². The Bertz CT molecular complexity index is 1490. The van der Waals surface area contributed by atoms with Crippen molar-refractivity contribution in [2.45, 2.75) is 6.92 Å². The van der Waals surface area contributed by atoms with E-state index in [1.165, 1.54) is 17.1 Å². The lowest BCUT2D eigenvalue weighted by molar-refractivity contribution is -0.120. The second-order valence-electron chi connectivity index (χ2n) is 7.81. The minimum Gasteiger partial charge on any atom is -0.477 e. The number of fused-ring (bicyclic) bond motifs is 1. The molecule has 1 aliphatic rings. The van der Waals surface area contributed by atoms with Crippen LogP contribution in [0.5, 0.6) is 0 Å². The number of nitrogen functional groups attached to an aromatic ring is 1. The van der Waals surface area contributed by atoms with Gasteiger partial charge >= 0.3 is 5.97 Å². The van der Waals surface area contributed by atoms with Crippen LogP contribution >= 0.6 is 11.5 Å². The van der Waals surface area contributed by atoms with Crippen molar-refractivity contribution in [3.05, 3.63) is 58.1 Å². The maximum Gasteiger partial charge on any atom is 0.341 e. The van der Waals surface area contributed by atoms with Crippen molar-refractivity contribution in [2.24, 2.45) is 5.92 Å². The fraction of sp³-hybridized carbons (Fsp3) is 0.190. The molecule has 5 heterocycles. The number of aryl methyl sites for hydroxylation is 1. The average molecular weight is 478 g/mol. The molecule has 1 amide bonds. The van der Waals surface area contributed by atoms with Crippen LogP contribution in [-0.4, -0.2) is 54.0 Å². The number of carboxylic acid groups (broad SMARTS) is 1. The molecule has 0 spiro atoms. The highest BCUT2D eigenvalue weighted by Crippen LogP contribution is 2.28. The molecule has 0 aromatic carbocycles. The molecule has 13 heteroatoms. The van der Waals surface area contributed by atoms with E-state index in [4.69, 9.17) is 5.73 Å². The lowest BCUT2D eigenvalue weighted by Crippen LogP contribution is -2.52. The van der Waals surface area contributed by atoms with Gasteiger partial charge in [-0.05, 0) is 30.7 Å². The summed E-state index contributed by atoms with van der Waals surface area (Å²) in [6.07, 6.45) is 2.56. The summed E-state index contributed by atoms with van der Waals surface area (Å²) in [5.41, 5.74) is 5.51. The molecule has 0 unspecified atom stereocenters. The number of anilines is 3. The van der Waals surface area contributed by atoms with Crippen LogP contribution in [0.15, 0.2) is 41.6 Å². The first-order chi connectivity index (χ1) is 16.3. The zero-order valence-corrected chi connectivity index (χ0v) is 18.6. The van der Waals surface area contributed by atoms with E-state index in [9.17, 15) is 19.5 Å². The Morgan fingerprint density at radius 3 is 2.74 bits per heavy atom. The third kappa shape index (κ3) is 3.71. The molecule has 34 heavy (non-hydrogen) atoms. The van der Waals surface area contributed by atoms with E-state index in [0.29, 0.717) is 41.2 Å². The minimum atomic E-state index is -1.33. The van der Waals surface area contributed by atoms with Gasteiger partial charge in [-0.3, -0.25) is 14.2 Å². The summed E-state index contributed by atoms with van der Waals surface area (Å²) in [5, 5.41) is 12.8. The standard InChI is InChI=1S/C21H18N8O4S/c1-10-5-15(28-6-11(7-28)19(31)26-14-4-2-3-13(22)25-14)27-18-16(10)17(30)12(20(32)33)8-29(18)21-23-9-24-34-21/h2-5,8-9,11H,6-7H2,1H3,(H,32,33)(H3,22,25,26,31). The molecule has 4 aromatic heterocycles. The molecule has 0 radical (unpaired) electrons. The van der Waals surface area contributed by atoms with E-state index in [2.05, 4.69) is 24.6 Å². The number of hydrogen-bond donors (Lipinski definition) is 3. The summed E-state index contributed by atoms with van der Waals surface area (Å²) in [6, 6.07) is 6.72. The maximum atomic E-state index is 12.9. The smallest absolute Gasteiger partial charge is 0.341 e. The molecule has 12 nitrogen and oxygen atoms in total. The summed E-state index contributed by atoms with van der Waals surface area (Å²) in [5.74, 6) is -0.517. The van der Waals surface area contributed by atoms with Crippen molar-refractivity contribution < 1.29 is 14.7 Å². The van der Waals surface area contributed by atoms with Crippen molar-refractivity contribution in [2.75, 3.05) is 29.0 Å². The van der Waals surface area contributed by atoms with Crippen molar-refractivity contribution in [1.29, 1.82) is 0 Å². The molecule has 0 atom stereocenters. The van der Waals surface area contributed by atoms with E-state index >= 15 is 0 Å². The van der Waals surface area contributed by atoms with Crippen molar-refractivity contribution in [3.8, 4) is 5.13 Å². The van der Waals surface area contributed by atoms with E-state index in [-0.39, 0.29) is 28.4 Å². The summed E-state index contributed by atoms with van der Waals surface area (Å²) >= 11 is 1.05. The molecule has 1 fully saturated rings. The van der Waals surface area contributed by atoms with E-state index < -0.39 is 11.4 Å². The van der Waals surface area contributed by atoms with Gasteiger partial charge in [-0.1, -0.05) is 6.07 Å². The number of hydrogen-bond acceptors (Lipinski definition) is 10. The van der Waals surface area contributed by atoms with Gasteiger partial charge < -0.3 is 21.1 Å². The predicted molar refractivity (Wildman–Crippen MR) is 125 cm³/mol. The molecule has 172 valence electrons. The Labute approximate surface area is 195 Å². The zero-order valence-electron chi connectivity index (χ0n) is 17.8. The van der Waals surface area contributed by atoms with E-state index in [0.717, 1.165) is 11.5 Å². The SMILES string of the molecule is Cc1cc(N2CC(C(=O)Nc3cccc(N)n3)C2)nc2c1c(=O)c(C(=O)O)cn2-c1ncns1. The Kier molecular flexibility index (Phi) is 5.17. The van der Waals surface area contributed by atoms with Gasteiger partial charge in [-0.15, -0.1) is 0 Å². The number of pyridine rings is 3. The first-order valence-electron chi connectivity index (χ1n) is 10.2. The topological polar surface area (TPSA) is 169 Å². The summed E-state index contributed by atoms with van der Waals surface area (Å²) < 4.78 is 5.43. The van der Waals surface area contributed by atoms with Crippen LogP contribution in [0, 0.1) is 12.8 Å². The number of aromatic nitrogens is 5. The molecule has 0 bridgehead atoms. The minimum absolute atomic E-state index is 0.177. The lowest BCUT2D eigenvalue weighted by atomic mass is 9.98. The van der Waals surface area contributed by atoms with Crippen LogP contribution in [0.25, 0.3) is 16.2 Å². The number of nitrogens with zero attached hydrogens (tertiary/aromatic N) is 6. The maximum absolute atomic E-state index is 12.9. The van der Waals surface area contributed by atoms with Gasteiger partial charge in [0.25, 0.3) is 0 Å². The molecule has 5 rings (SSSR count). The molecular weight excluding hydrogens is 460 g/mol. The van der Waals surface area contributed by atoms with Gasteiger partial charge in [0.05, 0.1) is 11.3 Å². The van der Waals surface area contributed by atoms with E-state index in [1.54, 1.807) is 31.2 Å². The van der Waals surface area contributed by atoms with Crippen molar-refractivity contribution in [1.82, 2.24) is 23.9 Å². The largest absolute Gasteiger partial charge is 0.477 e. The molecule has 4 N–H and O–H groups in total. The summed E-state index contributed by atoms with van der Waals surface area (Å²) in [4.78, 5) is 51.8. The Morgan fingerprint density at radius 1 is 1.26 bits per heavy atom. The summed E-state index contributed by atoms with van der Waals surface area (Å²) in [7, 11) is 0. The second kappa shape index (κ2) is 8.19. The van der Waals surface area contributed by atoms with Gasteiger partial charge in [0.15, 0.2) is 5.65 Å². The number of rotatable bonds is 5. The van der Waals surface area contributed by atoms with Crippen molar-refractivity contribution >= 4 is 51.9 Å². The van der Waals surface area contributed by atoms with Crippen LogP contribution in [0.1, 0.15) is 15.9 Å². The number of carboxylic acids is 1. The molecule has 0 saturated carbocycles. The second-order valence-corrected chi connectivity index (χ2v) is 8.56. The Hall–Kier alpha value is -4.39. The van der Waals surface area contributed by atoms with Crippen molar-refractivity contribution in [3.63, 3.8) is 0 Å².